The topological polar surface area (TPSA) is 0 Å². The first-order valence-corrected chi connectivity index (χ1v) is 14.2. The second-order valence-corrected chi connectivity index (χ2v) is 14.4. The summed E-state index contributed by atoms with van der Waals surface area (Å²) in [5.41, 5.74) is 11.5. The molecule has 2 aromatic rings. The van der Waals surface area contributed by atoms with Gasteiger partial charge in [-0.05, 0) is 112 Å². The summed E-state index contributed by atoms with van der Waals surface area (Å²) in [4.78, 5) is 2.82. The predicted molar refractivity (Wildman–Crippen MR) is 146 cm³/mol. The summed E-state index contributed by atoms with van der Waals surface area (Å²) in [7, 11) is 0. The molecule has 4 aliphatic rings. The molecule has 6 rings (SSSR count). The smallest absolute Gasteiger partial charge is 0.0836 e. The van der Waals surface area contributed by atoms with Crippen molar-refractivity contribution in [1.29, 1.82) is 0 Å². The summed E-state index contributed by atoms with van der Waals surface area (Å²) < 4.78 is 0.771. The highest BCUT2D eigenvalue weighted by atomic mass is 79.9. The Kier molecular flexibility index (Phi) is 4.85. The molecule has 2 unspecified atom stereocenters. The molecule has 156 valence electrons. The van der Waals surface area contributed by atoms with Crippen LogP contribution in [0.3, 0.4) is 0 Å². The molecule has 0 amide bonds. The van der Waals surface area contributed by atoms with Gasteiger partial charge in [0.25, 0.3) is 0 Å². The molecule has 31 heavy (non-hydrogen) atoms. The first-order valence-electron chi connectivity index (χ1n) is 10.6. The van der Waals surface area contributed by atoms with Crippen molar-refractivity contribution in [3.8, 4) is 0 Å². The van der Waals surface area contributed by atoms with Crippen LogP contribution in [0.2, 0.25) is 0 Å². The lowest BCUT2D eigenvalue weighted by Gasteiger charge is -2.10. The SMILES string of the molecule is CC1=Cc2c(C)c3c(cc2=C1CC1=c2cc4c(c(C)c2C=C1C)=CC(Br)S4)SC(Br)C=3. The van der Waals surface area contributed by atoms with Crippen LogP contribution in [0, 0.1) is 13.8 Å². The van der Waals surface area contributed by atoms with Gasteiger partial charge in [-0.3, -0.25) is 0 Å². The van der Waals surface area contributed by atoms with E-state index in [1.54, 1.807) is 0 Å². The first kappa shape index (κ1) is 20.7. The van der Waals surface area contributed by atoms with Crippen LogP contribution in [0.15, 0.2) is 33.1 Å². The molecule has 2 aromatic carbocycles. The molecule has 4 heteroatoms. The highest BCUT2D eigenvalue weighted by Gasteiger charge is 2.24. The van der Waals surface area contributed by atoms with E-state index in [0.29, 0.717) is 8.32 Å². The van der Waals surface area contributed by atoms with Gasteiger partial charge in [0.05, 0.1) is 8.32 Å². The van der Waals surface area contributed by atoms with E-state index in [4.69, 9.17) is 0 Å². The van der Waals surface area contributed by atoms with Crippen molar-refractivity contribution in [2.45, 2.75) is 52.2 Å². The molecule has 0 N–H and O–H groups in total. The summed E-state index contributed by atoms with van der Waals surface area (Å²) in [6.45, 7) is 9.14. The van der Waals surface area contributed by atoms with Crippen molar-refractivity contribution in [3.05, 3.63) is 66.4 Å². The quantitative estimate of drug-likeness (QED) is 0.423. The molecule has 0 spiro atoms. The fraction of sp³-hybridized carbons (Fsp3) is 0.259. The summed E-state index contributed by atoms with van der Waals surface area (Å²) in [6.07, 6.45) is 10.5. The van der Waals surface area contributed by atoms with Crippen molar-refractivity contribution in [2.75, 3.05) is 0 Å². The molecule has 2 aliphatic carbocycles. The largest absolute Gasteiger partial charge is 0.106 e. The summed E-state index contributed by atoms with van der Waals surface area (Å²) >= 11 is 11.4. The minimum Gasteiger partial charge on any atom is -0.106 e. The maximum atomic E-state index is 3.77. The van der Waals surface area contributed by atoms with Gasteiger partial charge >= 0.3 is 0 Å². The van der Waals surface area contributed by atoms with Gasteiger partial charge in [-0.1, -0.05) is 56.2 Å². The Balaban J connectivity index is 1.57. The second-order valence-electron chi connectivity index (χ2n) is 8.81. The fourth-order valence-electron chi connectivity index (χ4n) is 5.37. The average molecular weight is 570 g/mol. The zero-order valence-electron chi connectivity index (χ0n) is 17.9. The highest BCUT2D eigenvalue weighted by molar-refractivity contribution is 9.11. The lowest BCUT2D eigenvalue weighted by Crippen LogP contribution is -2.20. The molecule has 2 aliphatic heterocycles. The van der Waals surface area contributed by atoms with E-state index >= 15 is 0 Å². The monoisotopic (exact) mass is 568 g/mol. The van der Waals surface area contributed by atoms with Crippen LogP contribution in [0.4, 0.5) is 0 Å². The maximum absolute atomic E-state index is 3.77. The van der Waals surface area contributed by atoms with Crippen molar-refractivity contribution in [1.82, 2.24) is 0 Å². The van der Waals surface area contributed by atoms with E-state index in [1.165, 1.54) is 75.2 Å². The van der Waals surface area contributed by atoms with Crippen molar-refractivity contribution >= 4 is 90.8 Å². The zero-order chi connectivity index (χ0) is 21.6. The minimum atomic E-state index is 0.385. The van der Waals surface area contributed by atoms with Crippen LogP contribution in [0.25, 0.3) is 35.5 Å². The van der Waals surface area contributed by atoms with Gasteiger partial charge in [0.2, 0.25) is 0 Å². The summed E-state index contributed by atoms with van der Waals surface area (Å²) in [6, 6.07) is 4.87. The van der Waals surface area contributed by atoms with Gasteiger partial charge in [-0.25, -0.2) is 0 Å². The second kappa shape index (κ2) is 7.28. The van der Waals surface area contributed by atoms with E-state index in [1.807, 2.05) is 23.5 Å². The Bertz CT molecular complexity index is 1410. The molecule has 0 aromatic heterocycles. The number of hydrogen-bond acceptors (Lipinski definition) is 2. The number of halogens is 2. The van der Waals surface area contributed by atoms with Crippen LogP contribution in [0.1, 0.15) is 42.5 Å². The van der Waals surface area contributed by atoms with E-state index in [-0.39, 0.29) is 0 Å². The number of rotatable bonds is 2. The van der Waals surface area contributed by atoms with Crippen LogP contribution in [-0.4, -0.2) is 8.32 Å². The molecular formula is C27H22Br2S2. The number of fused-ring (bicyclic) bond motifs is 4. The fourth-order valence-corrected chi connectivity index (χ4v) is 9.07. The molecule has 0 saturated heterocycles. The molecule has 0 radical (unpaired) electrons. The van der Waals surface area contributed by atoms with Gasteiger partial charge in [-0.2, -0.15) is 0 Å². The van der Waals surface area contributed by atoms with Crippen molar-refractivity contribution in [3.63, 3.8) is 0 Å². The summed E-state index contributed by atoms with van der Waals surface area (Å²) in [5.74, 6) is 0. The lowest BCUT2D eigenvalue weighted by molar-refractivity contribution is 1.23. The predicted octanol–water partition coefficient (Wildman–Crippen LogP) is 5.74. The van der Waals surface area contributed by atoms with E-state index in [2.05, 4.69) is 96.0 Å². The number of hydrogen-bond donors (Lipinski definition) is 0. The highest BCUT2D eigenvalue weighted by Crippen LogP contribution is 2.37. The van der Waals surface area contributed by atoms with Crippen LogP contribution < -0.4 is 20.9 Å². The lowest BCUT2D eigenvalue weighted by atomic mass is 9.95. The molecule has 0 bridgehead atoms. The number of alkyl halides is 2. The Morgan fingerprint density at radius 1 is 0.710 bits per heavy atom. The van der Waals surface area contributed by atoms with E-state index in [0.717, 1.165) is 6.42 Å². The number of benzene rings is 2. The van der Waals surface area contributed by atoms with Crippen LogP contribution in [-0.2, 0) is 0 Å². The van der Waals surface area contributed by atoms with Crippen LogP contribution in [0.5, 0.6) is 0 Å². The van der Waals surface area contributed by atoms with Gasteiger partial charge in [0, 0.05) is 9.79 Å². The van der Waals surface area contributed by atoms with Crippen molar-refractivity contribution in [2.24, 2.45) is 0 Å². The van der Waals surface area contributed by atoms with Gasteiger partial charge < -0.3 is 0 Å². The molecule has 0 nitrogen and oxygen atoms in total. The Labute approximate surface area is 208 Å². The molecule has 0 fully saturated rings. The Morgan fingerprint density at radius 2 is 1.13 bits per heavy atom. The standard InChI is InChI=1S/C27H22Br2S2/c1-12-5-18-14(3)20-10-26(28)30-24(20)8-22(18)16(12)7-17-13(2)6-19-15(4)21-11-27(29)31-25(21)9-23(17)19/h5-6,8-11,26-27H,7H2,1-4H3. The zero-order valence-corrected chi connectivity index (χ0v) is 22.7. The van der Waals surface area contributed by atoms with Crippen LogP contribution >= 0.6 is 55.4 Å². The molecule has 2 heterocycles. The average Bonchev–Trinajstić information content (AvgIpc) is 3.43. The number of thioether (sulfide) groups is 2. The Morgan fingerprint density at radius 3 is 1.55 bits per heavy atom. The molecular weight excluding hydrogens is 548 g/mol. The maximum Gasteiger partial charge on any atom is 0.0836 e. The molecule has 0 saturated carbocycles. The van der Waals surface area contributed by atoms with Crippen molar-refractivity contribution < 1.29 is 0 Å². The van der Waals surface area contributed by atoms with Gasteiger partial charge in [0.15, 0.2) is 0 Å². The Hall–Kier alpha value is -0.940. The normalized spacial score (nSPS) is 22.5. The first-order chi connectivity index (χ1) is 14.8. The summed E-state index contributed by atoms with van der Waals surface area (Å²) in [5, 5.41) is 5.70. The van der Waals surface area contributed by atoms with E-state index in [9.17, 15) is 0 Å². The molecule has 2 atom stereocenters. The third kappa shape index (κ3) is 3.08. The van der Waals surface area contributed by atoms with E-state index < -0.39 is 0 Å². The third-order valence-electron chi connectivity index (χ3n) is 7.03. The third-order valence-corrected chi connectivity index (χ3v) is 10.6. The van der Waals surface area contributed by atoms with Gasteiger partial charge in [-0.15, -0.1) is 23.5 Å². The van der Waals surface area contributed by atoms with Gasteiger partial charge in [0.1, 0.15) is 0 Å². The minimum absolute atomic E-state index is 0.385. The number of allylic oxidation sites excluding steroid dienone is 2.